The Kier molecular flexibility index (Phi) is 4.46. The molecule has 0 radical (unpaired) electrons. The lowest BCUT2D eigenvalue weighted by Crippen LogP contribution is -2.37. The Hall–Kier alpha value is -0.340. The summed E-state index contributed by atoms with van der Waals surface area (Å²) in [6.45, 7) is 8.83. The maximum Gasteiger partial charge on any atom is 0.0163 e. The van der Waals surface area contributed by atoms with E-state index in [-0.39, 0.29) is 0 Å². The molecule has 0 amide bonds. The molecule has 2 nitrogen and oxygen atoms in total. The highest BCUT2D eigenvalue weighted by molar-refractivity contribution is 4.91. The fraction of sp³-hybridized carbons (Fsp3) is 0.818. The predicted octanol–water partition coefficient (Wildman–Crippen LogP) is 1.48. The molecule has 76 valence electrons. The largest absolute Gasteiger partial charge is 0.330 e. The Morgan fingerprint density at radius 2 is 2.15 bits per heavy atom. The summed E-state index contributed by atoms with van der Waals surface area (Å²) >= 11 is 0. The fourth-order valence-electron chi connectivity index (χ4n) is 1.74. The van der Waals surface area contributed by atoms with Crippen LogP contribution in [0.3, 0.4) is 0 Å². The highest BCUT2D eigenvalue weighted by atomic mass is 15.1. The Balaban J connectivity index is 2.32. The molecule has 13 heavy (non-hydrogen) atoms. The first kappa shape index (κ1) is 10.7. The molecule has 0 aromatic carbocycles. The first-order valence-corrected chi connectivity index (χ1v) is 5.31. The Morgan fingerprint density at radius 3 is 2.62 bits per heavy atom. The van der Waals surface area contributed by atoms with Crippen LogP contribution in [0.15, 0.2) is 12.2 Å². The van der Waals surface area contributed by atoms with Crippen LogP contribution < -0.4 is 5.73 Å². The van der Waals surface area contributed by atoms with E-state index in [0.717, 1.165) is 13.1 Å². The fourth-order valence-corrected chi connectivity index (χ4v) is 1.74. The molecule has 1 aliphatic rings. The summed E-state index contributed by atoms with van der Waals surface area (Å²) in [7, 11) is 0. The van der Waals surface area contributed by atoms with Crippen molar-refractivity contribution >= 4 is 0 Å². The second-order valence-corrected chi connectivity index (χ2v) is 4.26. The zero-order valence-electron chi connectivity index (χ0n) is 8.87. The maximum atomic E-state index is 5.75. The lowest BCUT2D eigenvalue weighted by Gasteiger charge is -2.29. The van der Waals surface area contributed by atoms with Gasteiger partial charge in [0.15, 0.2) is 0 Å². The molecule has 0 aromatic rings. The van der Waals surface area contributed by atoms with Gasteiger partial charge in [-0.15, -0.1) is 0 Å². The summed E-state index contributed by atoms with van der Waals surface area (Å²) in [5.74, 6) is 1.36. The van der Waals surface area contributed by atoms with Crippen molar-refractivity contribution in [2.75, 3.05) is 26.2 Å². The molecule has 0 aliphatic carbocycles. The van der Waals surface area contributed by atoms with E-state index >= 15 is 0 Å². The molecule has 1 aliphatic heterocycles. The van der Waals surface area contributed by atoms with E-state index in [1.54, 1.807) is 0 Å². The standard InChI is InChI=1S/C11H22N2/c1-10(2)11(8-12)9-13-6-4-3-5-7-13/h3-4,10-11H,5-9,12H2,1-2H3. The second kappa shape index (κ2) is 5.40. The smallest absolute Gasteiger partial charge is 0.0163 e. The van der Waals surface area contributed by atoms with Crippen LogP contribution in [0.25, 0.3) is 0 Å². The van der Waals surface area contributed by atoms with E-state index in [4.69, 9.17) is 5.73 Å². The molecule has 0 fully saturated rings. The lowest BCUT2D eigenvalue weighted by atomic mass is 9.95. The molecule has 2 heteroatoms. The van der Waals surface area contributed by atoms with Crippen molar-refractivity contribution in [3.05, 3.63) is 12.2 Å². The molecule has 0 spiro atoms. The molecule has 2 N–H and O–H groups in total. The first-order valence-electron chi connectivity index (χ1n) is 5.31. The van der Waals surface area contributed by atoms with Gasteiger partial charge in [-0.2, -0.15) is 0 Å². The minimum atomic E-state index is 0.659. The van der Waals surface area contributed by atoms with Crippen molar-refractivity contribution < 1.29 is 0 Å². The van der Waals surface area contributed by atoms with Crippen molar-refractivity contribution in [2.24, 2.45) is 17.6 Å². The summed E-state index contributed by atoms with van der Waals surface area (Å²) in [5, 5.41) is 0. The third-order valence-electron chi connectivity index (χ3n) is 2.88. The molecule has 0 saturated carbocycles. The van der Waals surface area contributed by atoms with Crippen LogP contribution in [0, 0.1) is 11.8 Å². The van der Waals surface area contributed by atoms with Crippen LogP contribution in [0.2, 0.25) is 0 Å². The Bertz CT molecular complexity index is 163. The van der Waals surface area contributed by atoms with Crippen LogP contribution in [-0.2, 0) is 0 Å². The van der Waals surface area contributed by atoms with E-state index < -0.39 is 0 Å². The van der Waals surface area contributed by atoms with Crippen molar-refractivity contribution in [1.82, 2.24) is 4.90 Å². The topological polar surface area (TPSA) is 29.3 Å². The zero-order chi connectivity index (χ0) is 9.68. The van der Waals surface area contributed by atoms with Crippen LogP contribution in [0.4, 0.5) is 0 Å². The molecule has 0 bridgehead atoms. The highest BCUT2D eigenvalue weighted by Crippen LogP contribution is 2.12. The van der Waals surface area contributed by atoms with E-state index in [9.17, 15) is 0 Å². The van der Waals surface area contributed by atoms with Gasteiger partial charge < -0.3 is 5.73 Å². The van der Waals surface area contributed by atoms with Gasteiger partial charge >= 0.3 is 0 Å². The van der Waals surface area contributed by atoms with Crippen LogP contribution in [0.5, 0.6) is 0 Å². The molecule has 1 rings (SSSR count). The minimum Gasteiger partial charge on any atom is -0.330 e. The predicted molar refractivity (Wildman–Crippen MR) is 57.6 cm³/mol. The van der Waals surface area contributed by atoms with Crippen molar-refractivity contribution in [3.63, 3.8) is 0 Å². The summed E-state index contributed by atoms with van der Waals surface area (Å²) in [6, 6.07) is 0. The number of hydrogen-bond acceptors (Lipinski definition) is 2. The minimum absolute atomic E-state index is 0.659. The third-order valence-corrected chi connectivity index (χ3v) is 2.88. The first-order chi connectivity index (χ1) is 6.24. The molecule has 1 heterocycles. The summed E-state index contributed by atoms with van der Waals surface area (Å²) in [4.78, 5) is 2.50. The summed E-state index contributed by atoms with van der Waals surface area (Å²) < 4.78 is 0. The van der Waals surface area contributed by atoms with Gasteiger partial charge in [0, 0.05) is 19.6 Å². The monoisotopic (exact) mass is 182 g/mol. The van der Waals surface area contributed by atoms with E-state index in [2.05, 4.69) is 30.9 Å². The number of rotatable bonds is 4. The number of nitrogens with zero attached hydrogens (tertiary/aromatic N) is 1. The molecular weight excluding hydrogens is 160 g/mol. The SMILES string of the molecule is CC(C)C(CN)CN1CC=CCC1. The third kappa shape index (κ3) is 3.49. The molecule has 0 saturated heterocycles. The summed E-state index contributed by atoms with van der Waals surface area (Å²) in [6.07, 6.45) is 5.73. The second-order valence-electron chi connectivity index (χ2n) is 4.26. The van der Waals surface area contributed by atoms with E-state index in [1.807, 2.05) is 0 Å². The average molecular weight is 182 g/mol. The van der Waals surface area contributed by atoms with Gasteiger partial charge in [0.25, 0.3) is 0 Å². The van der Waals surface area contributed by atoms with Gasteiger partial charge in [-0.05, 0) is 24.8 Å². The molecule has 1 atom stereocenters. The molecule has 1 unspecified atom stereocenters. The van der Waals surface area contributed by atoms with Gasteiger partial charge in [-0.25, -0.2) is 0 Å². The number of nitrogens with two attached hydrogens (primary N) is 1. The average Bonchev–Trinajstić information content (AvgIpc) is 2.15. The molecular formula is C11H22N2. The Labute approximate surface area is 81.8 Å². The normalized spacial score (nSPS) is 20.9. The van der Waals surface area contributed by atoms with Gasteiger partial charge in [0.1, 0.15) is 0 Å². The molecule has 0 aromatic heterocycles. The van der Waals surface area contributed by atoms with E-state index in [1.165, 1.54) is 19.5 Å². The van der Waals surface area contributed by atoms with Crippen LogP contribution >= 0.6 is 0 Å². The van der Waals surface area contributed by atoms with Gasteiger partial charge in [-0.3, -0.25) is 4.90 Å². The van der Waals surface area contributed by atoms with Gasteiger partial charge in [0.05, 0.1) is 0 Å². The summed E-state index contributed by atoms with van der Waals surface area (Å²) in [5.41, 5.74) is 5.75. The van der Waals surface area contributed by atoms with Crippen molar-refractivity contribution in [2.45, 2.75) is 20.3 Å². The van der Waals surface area contributed by atoms with Crippen molar-refractivity contribution in [1.29, 1.82) is 0 Å². The Morgan fingerprint density at radius 1 is 1.38 bits per heavy atom. The quantitative estimate of drug-likeness (QED) is 0.667. The van der Waals surface area contributed by atoms with Gasteiger partial charge in [0.2, 0.25) is 0 Å². The zero-order valence-corrected chi connectivity index (χ0v) is 8.87. The lowest BCUT2D eigenvalue weighted by molar-refractivity contribution is 0.219. The maximum absolute atomic E-state index is 5.75. The number of hydrogen-bond donors (Lipinski definition) is 1. The van der Waals surface area contributed by atoms with E-state index in [0.29, 0.717) is 11.8 Å². The highest BCUT2D eigenvalue weighted by Gasteiger charge is 2.15. The van der Waals surface area contributed by atoms with Crippen molar-refractivity contribution in [3.8, 4) is 0 Å². The van der Waals surface area contributed by atoms with Gasteiger partial charge in [-0.1, -0.05) is 26.0 Å². The van der Waals surface area contributed by atoms with Crippen LogP contribution in [0.1, 0.15) is 20.3 Å². The van der Waals surface area contributed by atoms with Crippen LogP contribution in [-0.4, -0.2) is 31.1 Å².